The lowest BCUT2D eigenvalue weighted by Crippen LogP contribution is -2.64. The molecule has 32 heavy (non-hydrogen) atoms. The van der Waals surface area contributed by atoms with Crippen LogP contribution in [0.25, 0.3) is 0 Å². The molecule has 7 atom stereocenters. The van der Waals surface area contributed by atoms with E-state index in [-0.39, 0.29) is 11.5 Å². The van der Waals surface area contributed by atoms with E-state index in [0.29, 0.717) is 12.0 Å². The van der Waals surface area contributed by atoms with Crippen LogP contribution in [0.2, 0.25) is 0 Å². The first-order chi connectivity index (χ1) is 15.1. The van der Waals surface area contributed by atoms with Gasteiger partial charge in [-0.05, 0) is 38.1 Å². The number of carboxylic acid groups (broad SMARTS) is 2. The van der Waals surface area contributed by atoms with Gasteiger partial charge in [0.2, 0.25) is 0 Å². The normalized spacial score (nSPS) is 33.2. The van der Waals surface area contributed by atoms with Crippen molar-refractivity contribution in [3.8, 4) is 11.5 Å². The predicted molar refractivity (Wildman–Crippen MR) is 110 cm³/mol. The number of likely N-dealkylation sites (tertiary alicyclic amines) is 1. The molecule has 0 aromatic heterocycles. The van der Waals surface area contributed by atoms with Gasteiger partial charge < -0.3 is 39.9 Å². The minimum atomic E-state index is -2.27. The van der Waals surface area contributed by atoms with Gasteiger partial charge in [0.1, 0.15) is 12.2 Å². The van der Waals surface area contributed by atoms with Gasteiger partial charge in [0.05, 0.1) is 7.11 Å². The van der Waals surface area contributed by atoms with Crippen molar-refractivity contribution in [2.45, 2.75) is 48.7 Å². The standard InChI is InChI=1S/C18H21NO3.C4H6O6/c1-19-8-7-18-11-4-5-13(20)17(18)22-16-14(21-2)6-3-10(15(16)18)9-12(11)19;5-1(3(7)8)2(6)4(9)10/h3-6,11-13,17,20H,7-9H2,1-2H3;1-2,5-6H,(H,7,8)(H,9,10)/t11-,12+,13-,17-,18-;/m0./s1. The van der Waals surface area contributed by atoms with E-state index in [1.165, 1.54) is 11.1 Å². The maximum atomic E-state index is 10.6. The number of carboxylic acids is 2. The highest BCUT2D eigenvalue weighted by Gasteiger charge is 2.64. The number of ether oxygens (including phenoxy) is 2. The summed E-state index contributed by atoms with van der Waals surface area (Å²) in [5.74, 6) is -1.45. The molecule has 1 aromatic rings. The average Bonchev–Trinajstić information content (AvgIpc) is 3.12. The first kappa shape index (κ1) is 22.5. The molecular weight excluding hydrogens is 422 g/mol. The van der Waals surface area contributed by atoms with Gasteiger partial charge in [-0.15, -0.1) is 0 Å². The number of hydrogen-bond acceptors (Lipinski definition) is 8. The van der Waals surface area contributed by atoms with Gasteiger partial charge in [0.25, 0.3) is 0 Å². The third-order valence-corrected chi connectivity index (χ3v) is 7.16. The Bertz CT molecular complexity index is 945. The number of benzene rings is 1. The van der Waals surface area contributed by atoms with E-state index in [1.807, 2.05) is 12.1 Å². The Labute approximate surface area is 184 Å². The highest BCUT2D eigenvalue weighted by Crippen LogP contribution is 2.62. The molecule has 2 bridgehead atoms. The van der Waals surface area contributed by atoms with Crippen LogP contribution in [-0.2, 0) is 21.4 Å². The van der Waals surface area contributed by atoms with E-state index in [9.17, 15) is 14.7 Å². The fourth-order valence-corrected chi connectivity index (χ4v) is 5.66. The number of carbonyl (C=O) groups is 2. The molecule has 4 aliphatic rings. The van der Waals surface area contributed by atoms with Crippen molar-refractivity contribution in [3.05, 3.63) is 35.4 Å². The Morgan fingerprint density at radius 2 is 1.84 bits per heavy atom. The van der Waals surface area contributed by atoms with Gasteiger partial charge in [-0.3, -0.25) is 0 Å². The fourth-order valence-electron chi connectivity index (χ4n) is 5.66. The second kappa shape index (κ2) is 8.04. The van der Waals surface area contributed by atoms with Crippen LogP contribution in [0, 0.1) is 5.92 Å². The van der Waals surface area contributed by atoms with Crippen LogP contribution in [-0.4, -0.2) is 93.5 Å². The number of likely N-dealkylation sites (N-methyl/N-ethyl adjacent to an activating group) is 1. The van der Waals surface area contributed by atoms with Crippen molar-refractivity contribution < 1.29 is 44.6 Å². The number of nitrogens with zero attached hydrogens (tertiary/aromatic N) is 1. The molecule has 0 saturated carbocycles. The summed E-state index contributed by atoms with van der Waals surface area (Å²) < 4.78 is 11.8. The second-order valence-corrected chi connectivity index (χ2v) is 8.68. The smallest absolute Gasteiger partial charge is 0.335 e. The number of methoxy groups -OCH3 is 1. The molecule has 0 amide bonds. The summed E-state index contributed by atoms with van der Waals surface area (Å²) in [6.45, 7) is 1.05. The van der Waals surface area contributed by atoms with Crippen LogP contribution < -0.4 is 9.47 Å². The van der Waals surface area contributed by atoms with Gasteiger partial charge in [-0.25, -0.2) is 9.59 Å². The van der Waals surface area contributed by atoms with Gasteiger partial charge in [0, 0.05) is 22.9 Å². The number of piperidine rings is 1. The van der Waals surface area contributed by atoms with Gasteiger partial charge in [-0.2, -0.15) is 0 Å². The first-order valence-electron chi connectivity index (χ1n) is 10.4. The highest BCUT2D eigenvalue weighted by molar-refractivity contribution is 5.83. The van der Waals surface area contributed by atoms with Crippen LogP contribution in [0.3, 0.4) is 0 Å². The summed E-state index contributed by atoms with van der Waals surface area (Å²) in [7, 11) is 3.91. The molecule has 10 heteroatoms. The maximum Gasteiger partial charge on any atom is 0.335 e. The maximum absolute atomic E-state index is 10.6. The van der Waals surface area contributed by atoms with Crippen molar-refractivity contribution >= 4 is 11.9 Å². The summed E-state index contributed by atoms with van der Waals surface area (Å²) >= 11 is 0. The molecule has 2 heterocycles. The number of aliphatic hydroxyl groups is 3. The van der Waals surface area contributed by atoms with Crippen molar-refractivity contribution in [1.82, 2.24) is 4.90 Å². The molecule has 2 aliphatic carbocycles. The van der Waals surface area contributed by atoms with Gasteiger partial charge in [-0.1, -0.05) is 18.2 Å². The number of hydrogen-bond donors (Lipinski definition) is 5. The average molecular weight is 449 g/mol. The molecule has 1 fully saturated rings. The molecule has 10 nitrogen and oxygen atoms in total. The zero-order valence-electron chi connectivity index (χ0n) is 17.7. The molecule has 174 valence electrons. The summed E-state index contributed by atoms with van der Waals surface area (Å²) in [5, 5.41) is 43.1. The van der Waals surface area contributed by atoms with Crippen LogP contribution >= 0.6 is 0 Å². The van der Waals surface area contributed by atoms with E-state index >= 15 is 0 Å². The second-order valence-electron chi connectivity index (χ2n) is 8.68. The van der Waals surface area contributed by atoms with Crippen LogP contribution in [0.1, 0.15) is 17.5 Å². The zero-order chi connectivity index (χ0) is 23.4. The molecular formula is C22H27NO9. The summed E-state index contributed by atoms with van der Waals surface area (Å²) in [6, 6.07) is 4.70. The third kappa shape index (κ3) is 3.17. The predicted octanol–water partition coefficient (Wildman–Crippen LogP) is -0.621. The lowest BCUT2D eigenvalue weighted by atomic mass is 9.53. The highest BCUT2D eigenvalue weighted by atomic mass is 16.5. The van der Waals surface area contributed by atoms with Crippen LogP contribution in [0.5, 0.6) is 11.5 Å². The molecule has 1 spiro atoms. The number of aliphatic hydroxyl groups excluding tert-OH is 3. The Morgan fingerprint density at radius 3 is 2.44 bits per heavy atom. The van der Waals surface area contributed by atoms with Crippen LogP contribution in [0.4, 0.5) is 0 Å². The fraction of sp³-hybridized carbons (Fsp3) is 0.545. The Balaban J connectivity index is 0.000000211. The molecule has 5 rings (SSSR count). The molecule has 0 radical (unpaired) electrons. The summed E-state index contributed by atoms with van der Waals surface area (Å²) in [5.41, 5.74) is 2.60. The lowest BCUT2D eigenvalue weighted by Gasteiger charge is -2.56. The molecule has 1 saturated heterocycles. The molecule has 2 aliphatic heterocycles. The largest absolute Gasteiger partial charge is 0.493 e. The molecule has 2 unspecified atom stereocenters. The summed E-state index contributed by atoms with van der Waals surface area (Å²) in [6.07, 6.45) is 1.00. The monoisotopic (exact) mass is 449 g/mol. The van der Waals surface area contributed by atoms with E-state index < -0.39 is 30.3 Å². The minimum absolute atomic E-state index is 0.0806. The minimum Gasteiger partial charge on any atom is -0.493 e. The Morgan fingerprint density at radius 1 is 1.19 bits per heavy atom. The zero-order valence-corrected chi connectivity index (χ0v) is 17.7. The van der Waals surface area contributed by atoms with Crippen molar-refractivity contribution in [2.24, 2.45) is 5.92 Å². The van der Waals surface area contributed by atoms with Crippen molar-refractivity contribution in [1.29, 1.82) is 0 Å². The quantitative estimate of drug-likeness (QED) is 0.375. The number of rotatable bonds is 4. The summed E-state index contributed by atoms with van der Waals surface area (Å²) in [4.78, 5) is 22.0. The first-order valence-corrected chi connectivity index (χ1v) is 10.4. The van der Waals surface area contributed by atoms with Gasteiger partial charge >= 0.3 is 11.9 Å². The van der Waals surface area contributed by atoms with Crippen LogP contribution in [0.15, 0.2) is 24.3 Å². The van der Waals surface area contributed by atoms with Crippen molar-refractivity contribution in [2.75, 3.05) is 20.7 Å². The van der Waals surface area contributed by atoms with Crippen molar-refractivity contribution in [3.63, 3.8) is 0 Å². The molecule has 1 aromatic carbocycles. The Kier molecular flexibility index (Phi) is 5.66. The van der Waals surface area contributed by atoms with E-state index in [0.717, 1.165) is 30.9 Å². The van der Waals surface area contributed by atoms with E-state index in [1.54, 1.807) is 7.11 Å². The SMILES string of the molecule is COc1ccc2c3c1O[C@H]1[C@@H](O)C=C[C@H]4[C@@H](C2)N(C)CC[C@@]341.O=C(O)C(O)C(O)C(=O)O. The third-order valence-electron chi connectivity index (χ3n) is 7.16. The molecule has 5 N–H and O–H groups in total. The topological polar surface area (TPSA) is 157 Å². The van der Waals surface area contributed by atoms with Gasteiger partial charge in [0.15, 0.2) is 23.7 Å². The Hall–Kier alpha value is -2.66. The number of aliphatic carboxylic acids is 2. The lowest BCUT2D eigenvalue weighted by molar-refractivity contribution is -0.165. The van der Waals surface area contributed by atoms with E-state index in [2.05, 4.69) is 24.1 Å². The van der Waals surface area contributed by atoms with E-state index in [4.69, 9.17) is 29.9 Å².